The van der Waals surface area contributed by atoms with Crippen molar-refractivity contribution in [3.05, 3.63) is 65.4 Å². The van der Waals surface area contributed by atoms with Gasteiger partial charge in [-0.2, -0.15) is 0 Å². The summed E-state index contributed by atoms with van der Waals surface area (Å²) in [5.74, 6) is -0.817. The van der Waals surface area contributed by atoms with Gasteiger partial charge in [0.25, 0.3) is 0 Å². The van der Waals surface area contributed by atoms with Crippen LogP contribution in [-0.4, -0.2) is 39.8 Å². The molecule has 1 unspecified atom stereocenters. The summed E-state index contributed by atoms with van der Waals surface area (Å²) in [6.45, 7) is 4.26. The number of rotatable bonds is 8. The molecule has 1 amide bonds. The number of carbonyl (C=O) groups excluding carboxylic acids is 1. The lowest BCUT2D eigenvalue weighted by molar-refractivity contribution is -0.134. The number of nitrogen functional groups attached to an aromatic ring is 1. The number of aliphatic carboxylic acids is 2. The number of nitrogens with two attached hydrogens (primary N) is 1. The van der Waals surface area contributed by atoms with Gasteiger partial charge in [0.15, 0.2) is 11.5 Å². The lowest BCUT2D eigenvalue weighted by Gasteiger charge is -2.17. The zero-order valence-electron chi connectivity index (χ0n) is 18.9. The number of nitrogens with zero attached hydrogens (tertiary/aromatic N) is 1. The molecule has 1 aliphatic rings. The van der Waals surface area contributed by atoms with E-state index in [4.69, 9.17) is 25.4 Å². The molecule has 1 aliphatic heterocycles. The highest BCUT2D eigenvalue weighted by atomic mass is 16.7. The molecule has 1 aromatic heterocycles. The molecule has 0 bridgehead atoms. The Hall–Kier alpha value is -4.34. The monoisotopic (exact) mass is 469 g/mol. The van der Waals surface area contributed by atoms with E-state index in [0.29, 0.717) is 23.7 Å². The highest BCUT2D eigenvalue weighted by Gasteiger charge is 2.15. The highest BCUT2D eigenvalue weighted by Crippen LogP contribution is 2.32. The van der Waals surface area contributed by atoms with Crippen LogP contribution >= 0.6 is 0 Å². The molecule has 10 nitrogen and oxygen atoms in total. The molecule has 0 aliphatic carbocycles. The summed E-state index contributed by atoms with van der Waals surface area (Å²) < 4.78 is 10.6. The Morgan fingerprint density at radius 2 is 1.76 bits per heavy atom. The second-order valence-electron chi connectivity index (χ2n) is 7.30. The number of hydrogen-bond donors (Lipinski definition) is 4. The van der Waals surface area contributed by atoms with Crippen LogP contribution in [0.1, 0.15) is 42.6 Å². The summed E-state index contributed by atoms with van der Waals surface area (Å²) in [6, 6.07) is 9.16. The normalized spacial score (nSPS) is 12.8. The van der Waals surface area contributed by atoms with Crippen LogP contribution in [0, 0.1) is 6.92 Å². The Bertz CT molecular complexity index is 1060. The lowest BCUT2D eigenvalue weighted by atomic mass is 10.1. The number of fused-ring (bicyclic) bond motifs is 1. The van der Waals surface area contributed by atoms with Crippen molar-refractivity contribution < 1.29 is 34.1 Å². The number of nitrogens with one attached hydrogen (secondary N) is 1. The highest BCUT2D eigenvalue weighted by molar-refractivity contribution is 5.92. The minimum absolute atomic E-state index is 0.170. The molecule has 1 atom stereocenters. The SMILES string of the molecule is CCCC(NC(=O)/C=C/c1ccc2c(c1)OCO2)c1cc(C)cc(N)n1.O=C(O)/C=C/C(=O)O. The topological polar surface area (TPSA) is 161 Å². The Balaban J connectivity index is 0.000000440. The van der Waals surface area contributed by atoms with E-state index in [1.54, 1.807) is 6.08 Å². The molecular weight excluding hydrogens is 442 g/mol. The summed E-state index contributed by atoms with van der Waals surface area (Å²) in [6.07, 6.45) is 6.09. The third-order valence-corrected chi connectivity index (χ3v) is 4.45. The molecule has 5 N–H and O–H groups in total. The van der Waals surface area contributed by atoms with E-state index in [0.717, 1.165) is 35.4 Å². The van der Waals surface area contributed by atoms with Gasteiger partial charge in [0.05, 0.1) is 11.7 Å². The van der Waals surface area contributed by atoms with Crippen molar-refractivity contribution in [3.63, 3.8) is 0 Å². The maximum atomic E-state index is 12.4. The van der Waals surface area contributed by atoms with E-state index in [1.807, 2.05) is 37.3 Å². The number of carbonyl (C=O) groups is 3. The van der Waals surface area contributed by atoms with E-state index in [9.17, 15) is 14.4 Å². The quantitative estimate of drug-likeness (QED) is 0.426. The maximum Gasteiger partial charge on any atom is 0.328 e. The Kier molecular flexibility index (Phi) is 9.63. The van der Waals surface area contributed by atoms with Crippen LogP contribution in [0.2, 0.25) is 0 Å². The fourth-order valence-electron chi connectivity index (χ4n) is 3.03. The van der Waals surface area contributed by atoms with Gasteiger partial charge in [-0.25, -0.2) is 14.6 Å². The number of ether oxygens (including phenoxy) is 2. The van der Waals surface area contributed by atoms with Crippen molar-refractivity contribution in [1.82, 2.24) is 10.3 Å². The Morgan fingerprint density at radius 3 is 2.38 bits per heavy atom. The predicted octanol–water partition coefficient (Wildman–Crippen LogP) is 3.08. The maximum absolute atomic E-state index is 12.4. The number of amides is 1. The third kappa shape index (κ3) is 8.65. The Labute approximate surface area is 196 Å². The first-order valence-electron chi connectivity index (χ1n) is 10.4. The number of pyridine rings is 1. The first-order chi connectivity index (χ1) is 16.2. The smallest absolute Gasteiger partial charge is 0.328 e. The molecule has 3 rings (SSSR count). The van der Waals surface area contributed by atoms with Crippen molar-refractivity contribution >= 4 is 29.7 Å². The molecule has 0 fully saturated rings. The van der Waals surface area contributed by atoms with Crippen molar-refractivity contribution in [2.24, 2.45) is 0 Å². The molecule has 2 aromatic rings. The van der Waals surface area contributed by atoms with Crippen LogP contribution in [0.4, 0.5) is 5.82 Å². The summed E-state index contributed by atoms with van der Waals surface area (Å²) >= 11 is 0. The first-order valence-corrected chi connectivity index (χ1v) is 10.4. The minimum Gasteiger partial charge on any atom is -0.478 e. The Morgan fingerprint density at radius 1 is 1.09 bits per heavy atom. The number of hydrogen-bond acceptors (Lipinski definition) is 7. The van der Waals surface area contributed by atoms with Gasteiger partial charge in [0.1, 0.15) is 5.82 Å². The first kappa shape index (κ1) is 25.9. The average molecular weight is 469 g/mol. The van der Waals surface area contributed by atoms with Gasteiger partial charge in [0.2, 0.25) is 12.7 Å². The van der Waals surface area contributed by atoms with E-state index >= 15 is 0 Å². The fourth-order valence-corrected chi connectivity index (χ4v) is 3.03. The van der Waals surface area contributed by atoms with E-state index in [1.165, 1.54) is 6.08 Å². The third-order valence-electron chi connectivity index (χ3n) is 4.45. The van der Waals surface area contributed by atoms with Crippen LogP contribution < -0.4 is 20.5 Å². The zero-order chi connectivity index (χ0) is 25.1. The molecule has 0 saturated carbocycles. The summed E-state index contributed by atoms with van der Waals surface area (Å²) in [7, 11) is 0. The number of aryl methyl sites for hydroxylation is 1. The molecule has 34 heavy (non-hydrogen) atoms. The van der Waals surface area contributed by atoms with Gasteiger partial charge >= 0.3 is 11.9 Å². The van der Waals surface area contributed by atoms with Crippen LogP contribution in [0.25, 0.3) is 6.08 Å². The molecule has 0 radical (unpaired) electrons. The van der Waals surface area contributed by atoms with Gasteiger partial charge < -0.3 is 30.7 Å². The number of benzene rings is 1. The van der Waals surface area contributed by atoms with E-state index in [-0.39, 0.29) is 18.7 Å². The van der Waals surface area contributed by atoms with Crippen molar-refractivity contribution in [1.29, 1.82) is 0 Å². The molecule has 180 valence electrons. The predicted molar refractivity (Wildman–Crippen MR) is 125 cm³/mol. The lowest BCUT2D eigenvalue weighted by Crippen LogP contribution is -2.27. The van der Waals surface area contributed by atoms with Gasteiger partial charge in [-0.3, -0.25) is 4.79 Å². The minimum atomic E-state index is -1.26. The van der Waals surface area contributed by atoms with Crippen LogP contribution in [-0.2, 0) is 14.4 Å². The number of carboxylic acid groups (broad SMARTS) is 2. The summed E-state index contributed by atoms with van der Waals surface area (Å²) in [5.41, 5.74) is 8.53. The fraction of sp³-hybridized carbons (Fsp3) is 0.250. The number of anilines is 1. The summed E-state index contributed by atoms with van der Waals surface area (Å²) in [5, 5.41) is 18.6. The van der Waals surface area contributed by atoms with Crippen LogP contribution in [0.3, 0.4) is 0 Å². The van der Waals surface area contributed by atoms with Crippen LogP contribution in [0.5, 0.6) is 11.5 Å². The standard InChI is InChI=1S/C20H23N3O3.C4H4O4/c1-3-4-15(16-9-13(2)10-19(21)22-16)23-20(24)8-6-14-5-7-17-18(11-14)26-12-25-17;5-3(6)1-2-4(7)8/h5-11,15H,3-4,12H2,1-2H3,(H2,21,22)(H,23,24);1-2H,(H,5,6)(H,7,8)/b8-6+;2-1+. The van der Waals surface area contributed by atoms with E-state index in [2.05, 4.69) is 17.2 Å². The molecule has 2 heterocycles. The second-order valence-corrected chi connectivity index (χ2v) is 7.30. The molecule has 1 aromatic carbocycles. The number of aromatic nitrogens is 1. The van der Waals surface area contributed by atoms with Gasteiger partial charge in [-0.05, 0) is 54.8 Å². The van der Waals surface area contributed by atoms with E-state index < -0.39 is 11.9 Å². The van der Waals surface area contributed by atoms with Gasteiger partial charge in [0, 0.05) is 18.2 Å². The molecule has 0 spiro atoms. The van der Waals surface area contributed by atoms with Crippen molar-refractivity contribution in [3.8, 4) is 11.5 Å². The second kappa shape index (κ2) is 12.6. The number of carboxylic acids is 2. The van der Waals surface area contributed by atoms with Gasteiger partial charge in [-0.15, -0.1) is 0 Å². The average Bonchev–Trinajstić information content (AvgIpc) is 3.24. The molecule has 10 heteroatoms. The summed E-state index contributed by atoms with van der Waals surface area (Å²) in [4.78, 5) is 35.8. The molecular formula is C24H27N3O7. The zero-order valence-corrected chi connectivity index (χ0v) is 18.9. The van der Waals surface area contributed by atoms with Crippen molar-refractivity contribution in [2.45, 2.75) is 32.7 Å². The largest absolute Gasteiger partial charge is 0.478 e. The van der Waals surface area contributed by atoms with Crippen molar-refractivity contribution in [2.75, 3.05) is 12.5 Å². The van der Waals surface area contributed by atoms with Crippen LogP contribution in [0.15, 0.2) is 48.6 Å². The molecule has 0 saturated heterocycles. The van der Waals surface area contributed by atoms with Gasteiger partial charge in [-0.1, -0.05) is 19.4 Å².